The number of hydrogen-bond donors (Lipinski definition) is 2. The number of allylic oxidation sites excluding steroid dienone is 2. The first-order valence-corrected chi connectivity index (χ1v) is 8.53. The predicted octanol–water partition coefficient (Wildman–Crippen LogP) is 2.06. The zero-order chi connectivity index (χ0) is 17.6. The summed E-state index contributed by atoms with van der Waals surface area (Å²) < 4.78 is 5.30. The molecular formula is C17H15N3O4S. The van der Waals surface area contributed by atoms with Gasteiger partial charge in [0.25, 0.3) is 0 Å². The van der Waals surface area contributed by atoms with E-state index in [-0.39, 0.29) is 41.9 Å². The highest BCUT2D eigenvalue weighted by Gasteiger charge is 2.27. The van der Waals surface area contributed by atoms with E-state index in [0.717, 1.165) is 0 Å². The van der Waals surface area contributed by atoms with Gasteiger partial charge in [0.2, 0.25) is 17.5 Å². The maximum absolute atomic E-state index is 12.2. The van der Waals surface area contributed by atoms with Crippen LogP contribution in [-0.2, 0) is 9.53 Å². The molecule has 2 N–H and O–H groups in total. The molecule has 0 saturated carbocycles. The predicted molar refractivity (Wildman–Crippen MR) is 93.7 cm³/mol. The lowest BCUT2D eigenvalue weighted by atomic mass is 10.0. The summed E-state index contributed by atoms with van der Waals surface area (Å²) in [4.78, 5) is 36.1. The summed E-state index contributed by atoms with van der Waals surface area (Å²) in [5.74, 6) is -0.285. The molecule has 0 spiro atoms. The monoisotopic (exact) mass is 357 g/mol. The van der Waals surface area contributed by atoms with Gasteiger partial charge in [0.1, 0.15) is 12.3 Å². The molecule has 25 heavy (non-hydrogen) atoms. The van der Waals surface area contributed by atoms with Crippen molar-refractivity contribution in [1.29, 1.82) is 0 Å². The first-order valence-electron chi connectivity index (χ1n) is 7.54. The second kappa shape index (κ2) is 7.91. The molecule has 1 heterocycles. The highest BCUT2D eigenvalue weighted by molar-refractivity contribution is 8.04. The minimum absolute atomic E-state index is 0.0761. The lowest BCUT2D eigenvalue weighted by molar-refractivity contribution is -0.120. The smallest absolute Gasteiger partial charge is 0.250 e. The summed E-state index contributed by atoms with van der Waals surface area (Å²) in [6.45, 7) is 0.206. The normalized spacial score (nSPS) is 13.4. The topological polar surface area (TPSA) is 101 Å². The Hall–Kier alpha value is -2.71. The third-order valence-corrected chi connectivity index (χ3v) is 4.38. The van der Waals surface area contributed by atoms with Gasteiger partial charge in [0, 0.05) is 17.5 Å². The summed E-state index contributed by atoms with van der Waals surface area (Å²) >= 11 is 1.22. The highest BCUT2D eigenvalue weighted by atomic mass is 32.2. The van der Waals surface area contributed by atoms with Gasteiger partial charge in [0.05, 0.1) is 23.3 Å². The number of ether oxygens (including phenoxy) is 1. The van der Waals surface area contributed by atoms with Crippen molar-refractivity contribution in [2.24, 2.45) is 0 Å². The van der Waals surface area contributed by atoms with Gasteiger partial charge in [-0.25, -0.2) is 0 Å². The zero-order valence-electron chi connectivity index (χ0n) is 13.2. The molecule has 2 aromatic rings. The number of thioether (sulfide) groups is 1. The van der Waals surface area contributed by atoms with Crippen molar-refractivity contribution in [2.75, 3.05) is 24.3 Å². The van der Waals surface area contributed by atoms with Crippen molar-refractivity contribution in [3.8, 4) is 0 Å². The molecule has 1 aromatic heterocycles. The number of aromatic amines is 1. The van der Waals surface area contributed by atoms with Crippen LogP contribution in [0, 0.1) is 0 Å². The van der Waals surface area contributed by atoms with Gasteiger partial charge >= 0.3 is 0 Å². The summed E-state index contributed by atoms with van der Waals surface area (Å²) in [6.07, 6.45) is 2.66. The number of fused-ring (bicyclic) bond motifs is 1. The Labute approximate surface area is 147 Å². The average Bonchev–Trinajstić information content (AvgIpc) is 3.10. The maximum atomic E-state index is 12.2. The number of nitrogens with one attached hydrogen (secondary N) is 2. The summed E-state index contributed by atoms with van der Waals surface area (Å²) in [5.41, 5.74) is 1.22. The summed E-state index contributed by atoms with van der Waals surface area (Å²) in [5, 5.41) is 8.96. The average molecular weight is 357 g/mol. The molecule has 8 heteroatoms. The van der Waals surface area contributed by atoms with Crippen LogP contribution >= 0.6 is 11.8 Å². The Morgan fingerprint density at radius 2 is 2.04 bits per heavy atom. The van der Waals surface area contributed by atoms with E-state index in [1.54, 1.807) is 12.1 Å². The van der Waals surface area contributed by atoms with Gasteiger partial charge in [-0.15, -0.1) is 11.8 Å². The Kier molecular flexibility index (Phi) is 5.42. The summed E-state index contributed by atoms with van der Waals surface area (Å²) in [7, 11) is 0. The zero-order valence-corrected chi connectivity index (χ0v) is 14.0. The van der Waals surface area contributed by atoms with E-state index in [0.29, 0.717) is 16.3 Å². The third-order valence-electron chi connectivity index (χ3n) is 3.39. The van der Waals surface area contributed by atoms with E-state index in [1.807, 2.05) is 18.2 Å². The number of H-pyrrole nitrogens is 1. The van der Waals surface area contributed by atoms with Crippen molar-refractivity contribution in [3.05, 3.63) is 58.8 Å². The Balaban J connectivity index is 1.40. The van der Waals surface area contributed by atoms with Crippen LogP contribution in [0.1, 0.15) is 20.8 Å². The third kappa shape index (κ3) is 4.23. The van der Waals surface area contributed by atoms with Crippen LogP contribution in [0.4, 0.5) is 5.69 Å². The second-order valence-corrected chi connectivity index (χ2v) is 6.31. The van der Waals surface area contributed by atoms with Gasteiger partial charge in [-0.05, 0) is 12.1 Å². The molecule has 3 rings (SSSR count). The molecule has 7 nitrogen and oxygen atoms in total. The fraction of sp³-hybridized carbons (Fsp3) is 0.176. The lowest BCUT2D eigenvalue weighted by Crippen LogP contribution is -2.19. The van der Waals surface area contributed by atoms with E-state index in [1.165, 1.54) is 24.0 Å². The van der Waals surface area contributed by atoms with Gasteiger partial charge in [-0.3, -0.25) is 19.5 Å². The van der Waals surface area contributed by atoms with Crippen molar-refractivity contribution in [3.63, 3.8) is 0 Å². The molecule has 0 saturated heterocycles. The number of nitrogens with zero attached hydrogens (tertiary/aromatic N) is 1. The van der Waals surface area contributed by atoms with Crippen LogP contribution in [-0.4, -0.2) is 46.6 Å². The number of aromatic nitrogens is 2. The minimum Gasteiger partial charge on any atom is -0.371 e. The molecule has 0 radical (unpaired) electrons. The van der Waals surface area contributed by atoms with Crippen LogP contribution < -0.4 is 5.32 Å². The second-order valence-electron chi connectivity index (χ2n) is 5.18. The number of benzene rings is 1. The number of anilines is 1. The standard InChI is InChI=1S/C17H15N3O4S/c21-13-8-14(17(23)12-9-18-20-16(12)13)25-7-6-24-10-15(22)19-11-4-2-1-3-5-11/h1-5,8-9H,6-7,10H2,(H,18,20)(H,19,22). The SMILES string of the molecule is O=C(COCCSC1=CC(=O)c2[nH]ncc2C1=O)Nc1ccccc1. The fourth-order valence-corrected chi connectivity index (χ4v) is 3.09. The number of rotatable bonds is 7. The number of Topliss-reactive ketones (excluding diaryl/α,β-unsaturated/α-hetero) is 1. The van der Waals surface area contributed by atoms with Crippen LogP contribution in [0.3, 0.4) is 0 Å². The molecule has 0 bridgehead atoms. The number of ketones is 2. The number of para-hydroxylation sites is 1. The first-order chi connectivity index (χ1) is 12.1. The fourth-order valence-electron chi connectivity index (χ4n) is 2.24. The van der Waals surface area contributed by atoms with E-state index < -0.39 is 0 Å². The Bertz CT molecular complexity index is 829. The van der Waals surface area contributed by atoms with Gasteiger partial charge in [-0.1, -0.05) is 18.2 Å². The Morgan fingerprint density at radius 3 is 2.84 bits per heavy atom. The molecule has 0 unspecified atom stereocenters. The van der Waals surface area contributed by atoms with E-state index >= 15 is 0 Å². The molecule has 128 valence electrons. The van der Waals surface area contributed by atoms with Crippen molar-refractivity contribution in [2.45, 2.75) is 0 Å². The number of carbonyl (C=O) groups excluding carboxylic acids is 3. The number of carbonyl (C=O) groups is 3. The van der Waals surface area contributed by atoms with Gasteiger partial charge < -0.3 is 10.1 Å². The maximum Gasteiger partial charge on any atom is 0.250 e. The van der Waals surface area contributed by atoms with Crippen molar-refractivity contribution >= 4 is 34.9 Å². The van der Waals surface area contributed by atoms with E-state index in [4.69, 9.17) is 4.74 Å². The molecule has 1 aromatic carbocycles. The lowest BCUT2D eigenvalue weighted by Gasteiger charge is -2.10. The number of hydrogen-bond acceptors (Lipinski definition) is 6. The molecule has 1 amide bonds. The van der Waals surface area contributed by atoms with Gasteiger partial charge in [-0.2, -0.15) is 5.10 Å². The van der Waals surface area contributed by atoms with Crippen LogP contribution in [0.2, 0.25) is 0 Å². The van der Waals surface area contributed by atoms with E-state index in [9.17, 15) is 14.4 Å². The van der Waals surface area contributed by atoms with Crippen molar-refractivity contribution in [1.82, 2.24) is 10.2 Å². The van der Waals surface area contributed by atoms with Gasteiger partial charge in [0.15, 0.2) is 0 Å². The molecule has 1 aliphatic carbocycles. The minimum atomic E-state index is -0.266. The van der Waals surface area contributed by atoms with Crippen LogP contribution in [0.25, 0.3) is 0 Å². The summed E-state index contributed by atoms with van der Waals surface area (Å²) in [6, 6.07) is 9.09. The molecule has 1 aliphatic rings. The van der Waals surface area contributed by atoms with E-state index in [2.05, 4.69) is 15.5 Å². The molecule has 0 fully saturated rings. The highest BCUT2D eigenvalue weighted by Crippen LogP contribution is 2.26. The molecular weight excluding hydrogens is 342 g/mol. The quantitative estimate of drug-likeness (QED) is 0.736. The van der Waals surface area contributed by atoms with Crippen molar-refractivity contribution < 1.29 is 19.1 Å². The van der Waals surface area contributed by atoms with Crippen LogP contribution in [0.15, 0.2) is 47.5 Å². The molecule has 0 atom stereocenters. The largest absolute Gasteiger partial charge is 0.371 e. The molecule has 0 aliphatic heterocycles. The Morgan fingerprint density at radius 1 is 1.24 bits per heavy atom. The first kappa shape index (κ1) is 17.1. The number of amides is 1. The van der Waals surface area contributed by atoms with Crippen LogP contribution in [0.5, 0.6) is 0 Å².